The standard InChI is InChI=1S/C23H32N2O4/c1-16-5-10-19(20(15-16)29-2)21(27)25-14-4-12-23(25)11-3-13-24(22(23)28)17-6-8-18(26)9-7-17/h5,10,15,17-18,26H,3-4,6-9,11-14H2,1-2H3. The zero-order valence-corrected chi connectivity index (χ0v) is 17.5. The SMILES string of the molecule is COc1cc(C)ccc1C(=O)N1CCCC12CCCN(C1CCC(O)CC1)C2=O. The molecule has 4 rings (SSSR count). The molecule has 2 saturated heterocycles. The Bertz CT molecular complexity index is 787. The molecule has 3 aliphatic rings. The zero-order chi connectivity index (χ0) is 20.6. The van der Waals surface area contributed by atoms with Crippen LogP contribution in [0.1, 0.15) is 67.3 Å². The van der Waals surface area contributed by atoms with Gasteiger partial charge in [0, 0.05) is 19.1 Å². The van der Waals surface area contributed by atoms with Crippen molar-refractivity contribution in [3.05, 3.63) is 29.3 Å². The van der Waals surface area contributed by atoms with Gasteiger partial charge in [0.1, 0.15) is 11.3 Å². The number of hydrogen-bond donors (Lipinski definition) is 1. The number of likely N-dealkylation sites (tertiary alicyclic amines) is 2. The summed E-state index contributed by atoms with van der Waals surface area (Å²) in [5.74, 6) is 0.578. The number of rotatable bonds is 3. The molecule has 0 bridgehead atoms. The molecule has 2 aliphatic heterocycles. The number of carbonyl (C=O) groups is 2. The summed E-state index contributed by atoms with van der Waals surface area (Å²) in [6.07, 6.45) is 6.21. The van der Waals surface area contributed by atoms with E-state index in [2.05, 4.69) is 0 Å². The predicted octanol–water partition coefficient (Wildman–Crippen LogP) is 2.90. The first-order chi connectivity index (χ1) is 14.0. The number of methoxy groups -OCH3 is 1. The Morgan fingerprint density at radius 3 is 2.52 bits per heavy atom. The van der Waals surface area contributed by atoms with Gasteiger partial charge in [-0.3, -0.25) is 9.59 Å². The molecule has 1 spiro atoms. The molecule has 1 aromatic carbocycles. The van der Waals surface area contributed by atoms with Crippen LogP contribution in [0, 0.1) is 6.92 Å². The van der Waals surface area contributed by atoms with Crippen LogP contribution in [-0.2, 0) is 4.79 Å². The quantitative estimate of drug-likeness (QED) is 0.847. The summed E-state index contributed by atoms with van der Waals surface area (Å²) in [4.78, 5) is 31.1. The number of nitrogens with zero attached hydrogens (tertiary/aromatic N) is 2. The summed E-state index contributed by atoms with van der Waals surface area (Å²) >= 11 is 0. The first-order valence-corrected chi connectivity index (χ1v) is 10.9. The van der Waals surface area contributed by atoms with Gasteiger partial charge < -0.3 is 19.6 Å². The van der Waals surface area contributed by atoms with E-state index in [1.54, 1.807) is 7.11 Å². The maximum Gasteiger partial charge on any atom is 0.258 e. The summed E-state index contributed by atoms with van der Waals surface area (Å²) in [6.45, 7) is 3.34. The largest absolute Gasteiger partial charge is 0.496 e. The Balaban J connectivity index is 1.61. The molecule has 2 heterocycles. The van der Waals surface area contributed by atoms with E-state index in [0.717, 1.165) is 63.5 Å². The zero-order valence-electron chi connectivity index (χ0n) is 17.5. The second-order valence-corrected chi connectivity index (χ2v) is 8.86. The van der Waals surface area contributed by atoms with Gasteiger partial charge in [0.2, 0.25) is 5.91 Å². The van der Waals surface area contributed by atoms with Crippen molar-refractivity contribution in [2.45, 2.75) is 76.0 Å². The van der Waals surface area contributed by atoms with E-state index in [1.165, 1.54) is 0 Å². The average molecular weight is 401 g/mol. The molecule has 6 nitrogen and oxygen atoms in total. The van der Waals surface area contributed by atoms with Crippen LogP contribution in [0.5, 0.6) is 5.75 Å². The summed E-state index contributed by atoms with van der Waals surface area (Å²) < 4.78 is 5.47. The summed E-state index contributed by atoms with van der Waals surface area (Å²) in [6, 6.07) is 5.80. The van der Waals surface area contributed by atoms with E-state index in [4.69, 9.17) is 4.74 Å². The van der Waals surface area contributed by atoms with Crippen LogP contribution in [0.15, 0.2) is 18.2 Å². The molecule has 1 unspecified atom stereocenters. The second-order valence-electron chi connectivity index (χ2n) is 8.86. The lowest BCUT2D eigenvalue weighted by Crippen LogP contribution is -2.63. The van der Waals surface area contributed by atoms with Crippen molar-refractivity contribution in [1.29, 1.82) is 0 Å². The van der Waals surface area contributed by atoms with E-state index in [-0.39, 0.29) is 24.0 Å². The lowest BCUT2D eigenvalue weighted by atomic mass is 9.82. The Morgan fingerprint density at radius 2 is 1.83 bits per heavy atom. The van der Waals surface area contributed by atoms with Gasteiger partial charge in [-0.15, -0.1) is 0 Å². The number of aliphatic hydroxyl groups is 1. The fourth-order valence-corrected chi connectivity index (χ4v) is 5.51. The van der Waals surface area contributed by atoms with E-state index in [9.17, 15) is 14.7 Å². The first kappa shape index (κ1) is 20.2. The van der Waals surface area contributed by atoms with Gasteiger partial charge >= 0.3 is 0 Å². The lowest BCUT2D eigenvalue weighted by Gasteiger charge is -2.48. The van der Waals surface area contributed by atoms with Gasteiger partial charge in [-0.25, -0.2) is 0 Å². The number of piperidine rings is 1. The number of aryl methyl sites for hydroxylation is 1. The smallest absolute Gasteiger partial charge is 0.258 e. The third kappa shape index (κ3) is 3.52. The van der Waals surface area contributed by atoms with Crippen LogP contribution in [0.2, 0.25) is 0 Å². The van der Waals surface area contributed by atoms with E-state index < -0.39 is 5.54 Å². The number of ether oxygens (including phenoxy) is 1. The van der Waals surface area contributed by atoms with Crippen molar-refractivity contribution in [3.8, 4) is 5.75 Å². The number of aliphatic hydroxyl groups excluding tert-OH is 1. The van der Waals surface area contributed by atoms with Crippen molar-refractivity contribution in [3.63, 3.8) is 0 Å². The highest BCUT2D eigenvalue weighted by Gasteiger charge is 2.54. The van der Waals surface area contributed by atoms with Gasteiger partial charge in [-0.2, -0.15) is 0 Å². The minimum atomic E-state index is -0.721. The molecular formula is C23H32N2O4. The van der Waals surface area contributed by atoms with Crippen molar-refractivity contribution < 1.29 is 19.4 Å². The van der Waals surface area contributed by atoms with Gasteiger partial charge in [0.05, 0.1) is 18.8 Å². The highest BCUT2D eigenvalue weighted by molar-refractivity contribution is 6.01. The van der Waals surface area contributed by atoms with Gasteiger partial charge in [0.15, 0.2) is 0 Å². The number of carbonyl (C=O) groups excluding carboxylic acids is 2. The Labute approximate surface area is 172 Å². The van der Waals surface area contributed by atoms with Gasteiger partial charge in [0.25, 0.3) is 5.91 Å². The molecular weight excluding hydrogens is 368 g/mol. The Kier molecular flexibility index (Phi) is 5.56. The van der Waals surface area contributed by atoms with Crippen molar-refractivity contribution in [2.75, 3.05) is 20.2 Å². The first-order valence-electron chi connectivity index (χ1n) is 10.9. The van der Waals surface area contributed by atoms with Crippen LogP contribution in [0.25, 0.3) is 0 Å². The molecule has 1 saturated carbocycles. The Morgan fingerprint density at radius 1 is 1.14 bits per heavy atom. The summed E-state index contributed by atoms with van der Waals surface area (Å²) in [7, 11) is 1.58. The molecule has 1 atom stereocenters. The molecule has 1 N–H and O–H groups in total. The van der Waals surface area contributed by atoms with Crippen LogP contribution >= 0.6 is 0 Å². The number of benzene rings is 1. The van der Waals surface area contributed by atoms with Crippen LogP contribution in [0.3, 0.4) is 0 Å². The van der Waals surface area contributed by atoms with Crippen molar-refractivity contribution in [2.24, 2.45) is 0 Å². The van der Waals surface area contributed by atoms with Crippen molar-refractivity contribution in [1.82, 2.24) is 9.80 Å². The van der Waals surface area contributed by atoms with Crippen LogP contribution in [0.4, 0.5) is 0 Å². The monoisotopic (exact) mass is 400 g/mol. The molecule has 6 heteroatoms. The molecule has 1 aliphatic carbocycles. The maximum absolute atomic E-state index is 13.7. The minimum Gasteiger partial charge on any atom is -0.496 e. The number of amides is 2. The Hall–Kier alpha value is -2.08. The minimum absolute atomic E-state index is 0.103. The molecule has 29 heavy (non-hydrogen) atoms. The van der Waals surface area contributed by atoms with Gasteiger partial charge in [-0.05, 0) is 76.0 Å². The second kappa shape index (κ2) is 7.98. The van der Waals surface area contributed by atoms with E-state index in [1.807, 2.05) is 34.9 Å². The van der Waals surface area contributed by atoms with Crippen LogP contribution in [-0.4, -0.2) is 64.6 Å². The predicted molar refractivity (Wildman–Crippen MR) is 110 cm³/mol. The summed E-state index contributed by atoms with van der Waals surface area (Å²) in [5.41, 5.74) is 0.848. The lowest BCUT2D eigenvalue weighted by molar-refractivity contribution is -0.149. The number of hydrogen-bond acceptors (Lipinski definition) is 4. The van der Waals surface area contributed by atoms with Crippen LogP contribution < -0.4 is 4.74 Å². The third-order valence-electron chi connectivity index (χ3n) is 7.08. The normalized spacial score (nSPS) is 30.1. The highest BCUT2D eigenvalue weighted by atomic mass is 16.5. The van der Waals surface area contributed by atoms with E-state index in [0.29, 0.717) is 17.9 Å². The molecule has 2 amide bonds. The molecule has 158 valence electrons. The van der Waals surface area contributed by atoms with E-state index >= 15 is 0 Å². The average Bonchev–Trinajstić information content (AvgIpc) is 3.14. The fraction of sp³-hybridized carbons (Fsp3) is 0.652. The molecule has 1 aromatic rings. The molecule has 0 aromatic heterocycles. The highest BCUT2D eigenvalue weighted by Crippen LogP contribution is 2.41. The molecule has 3 fully saturated rings. The molecule has 0 radical (unpaired) electrons. The summed E-state index contributed by atoms with van der Waals surface area (Å²) in [5, 5.41) is 9.84. The maximum atomic E-state index is 13.7. The third-order valence-corrected chi connectivity index (χ3v) is 7.08. The van der Waals surface area contributed by atoms with Gasteiger partial charge in [-0.1, -0.05) is 6.07 Å². The fourth-order valence-electron chi connectivity index (χ4n) is 5.51. The van der Waals surface area contributed by atoms with Crippen molar-refractivity contribution >= 4 is 11.8 Å². The topological polar surface area (TPSA) is 70.1 Å².